The second-order valence-electron chi connectivity index (χ2n) is 7.26. The van der Waals surface area contributed by atoms with Crippen molar-refractivity contribution in [3.05, 3.63) is 78.4 Å². The zero-order valence-electron chi connectivity index (χ0n) is 18.7. The van der Waals surface area contributed by atoms with Crippen molar-refractivity contribution in [3.63, 3.8) is 0 Å². The SMILES string of the molecule is CCCCCC=CCC=CCC=CCC=CCCCC(=O)Oc1ccccc1C(=O)O. The van der Waals surface area contributed by atoms with Crippen LogP contribution >= 0.6 is 0 Å². The number of hydrogen-bond donors (Lipinski definition) is 1. The van der Waals surface area contributed by atoms with Crippen LogP contribution in [0, 0.1) is 0 Å². The standard InChI is InChI=1S/C27H36O4/c1-2-3-4-5-6-7-8-9-10-11-12-13-14-15-16-17-18-23-26(28)31-25-22-20-19-21-24(25)27(29)30/h6-7,9-10,12-13,15-16,19-22H,2-5,8,11,14,17-18,23H2,1H3,(H,29,30). The van der Waals surface area contributed by atoms with E-state index in [9.17, 15) is 9.59 Å². The lowest BCUT2D eigenvalue weighted by molar-refractivity contribution is -0.134. The minimum Gasteiger partial charge on any atom is -0.478 e. The maximum Gasteiger partial charge on any atom is 0.339 e. The first-order valence-corrected chi connectivity index (χ1v) is 11.3. The minimum absolute atomic E-state index is 0.00347. The number of unbranched alkanes of at least 4 members (excludes halogenated alkanes) is 4. The molecule has 168 valence electrons. The van der Waals surface area contributed by atoms with Gasteiger partial charge in [0.2, 0.25) is 0 Å². The molecule has 0 aliphatic carbocycles. The highest BCUT2D eigenvalue weighted by Gasteiger charge is 2.13. The summed E-state index contributed by atoms with van der Waals surface area (Å²) in [4.78, 5) is 23.0. The van der Waals surface area contributed by atoms with E-state index >= 15 is 0 Å². The smallest absolute Gasteiger partial charge is 0.339 e. The lowest BCUT2D eigenvalue weighted by Gasteiger charge is -2.06. The van der Waals surface area contributed by atoms with Crippen LogP contribution in [0.25, 0.3) is 0 Å². The number of carboxylic acid groups (broad SMARTS) is 1. The minimum atomic E-state index is -1.11. The van der Waals surface area contributed by atoms with Crippen LogP contribution in [0.3, 0.4) is 0 Å². The number of hydrogen-bond acceptors (Lipinski definition) is 3. The Morgan fingerprint density at radius 2 is 1.35 bits per heavy atom. The van der Waals surface area contributed by atoms with Gasteiger partial charge < -0.3 is 9.84 Å². The summed E-state index contributed by atoms with van der Waals surface area (Å²) in [6.45, 7) is 2.22. The van der Waals surface area contributed by atoms with Crippen molar-refractivity contribution in [2.24, 2.45) is 0 Å². The van der Waals surface area contributed by atoms with Crippen LogP contribution in [-0.4, -0.2) is 17.0 Å². The molecule has 1 rings (SSSR count). The zero-order valence-corrected chi connectivity index (χ0v) is 18.7. The fourth-order valence-electron chi connectivity index (χ4n) is 2.83. The predicted octanol–water partition coefficient (Wildman–Crippen LogP) is 7.44. The zero-order chi connectivity index (χ0) is 22.6. The lowest BCUT2D eigenvalue weighted by atomic mass is 10.2. The van der Waals surface area contributed by atoms with E-state index < -0.39 is 11.9 Å². The Kier molecular flexibility index (Phi) is 15.1. The Hall–Kier alpha value is -2.88. The predicted molar refractivity (Wildman–Crippen MR) is 127 cm³/mol. The van der Waals surface area contributed by atoms with Crippen molar-refractivity contribution < 1.29 is 19.4 Å². The van der Waals surface area contributed by atoms with Crippen molar-refractivity contribution in [1.82, 2.24) is 0 Å². The Morgan fingerprint density at radius 1 is 0.806 bits per heavy atom. The Balaban J connectivity index is 2.08. The van der Waals surface area contributed by atoms with Crippen LogP contribution in [0.4, 0.5) is 0 Å². The normalized spacial score (nSPS) is 11.9. The molecule has 0 amide bonds. The van der Waals surface area contributed by atoms with Crippen LogP contribution in [-0.2, 0) is 4.79 Å². The summed E-state index contributed by atoms with van der Waals surface area (Å²) in [7, 11) is 0. The van der Waals surface area contributed by atoms with Crippen LogP contribution in [0.2, 0.25) is 0 Å². The molecule has 0 saturated carbocycles. The molecule has 1 N–H and O–H groups in total. The molecule has 0 aliphatic heterocycles. The van der Waals surface area contributed by atoms with Gasteiger partial charge in [0.25, 0.3) is 0 Å². The van der Waals surface area contributed by atoms with Gasteiger partial charge in [-0.25, -0.2) is 4.79 Å². The van der Waals surface area contributed by atoms with E-state index in [4.69, 9.17) is 9.84 Å². The molecule has 0 saturated heterocycles. The van der Waals surface area contributed by atoms with Gasteiger partial charge in [-0.3, -0.25) is 4.79 Å². The molecule has 0 atom stereocenters. The van der Waals surface area contributed by atoms with Gasteiger partial charge in [-0.15, -0.1) is 0 Å². The first-order valence-electron chi connectivity index (χ1n) is 11.3. The Labute approximate surface area is 187 Å². The number of rotatable bonds is 16. The van der Waals surface area contributed by atoms with Crippen LogP contribution in [0.15, 0.2) is 72.9 Å². The largest absolute Gasteiger partial charge is 0.478 e. The number of carboxylic acids is 1. The van der Waals surface area contributed by atoms with E-state index in [1.165, 1.54) is 37.8 Å². The third-order valence-electron chi connectivity index (χ3n) is 4.55. The van der Waals surface area contributed by atoms with E-state index in [-0.39, 0.29) is 17.7 Å². The Morgan fingerprint density at radius 3 is 1.94 bits per heavy atom. The first-order chi connectivity index (χ1) is 15.1. The number of esters is 1. The van der Waals surface area contributed by atoms with Crippen LogP contribution in [0.1, 0.15) is 81.5 Å². The summed E-state index contributed by atoms with van der Waals surface area (Å²) in [6.07, 6.45) is 26.9. The van der Waals surface area contributed by atoms with Crippen molar-refractivity contribution in [2.45, 2.75) is 71.1 Å². The maximum atomic E-state index is 11.9. The highest BCUT2D eigenvalue weighted by Crippen LogP contribution is 2.18. The molecule has 0 aromatic heterocycles. The third kappa shape index (κ3) is 13.9. The summed E-state index contributed by atoms with van der Waals surface area (Å²) in [5.74, 6) is -1.42. The molecule has 4 nitrogen and oxygen atoms in total. The maximum absolute atomic E-state index is 11.9. The number of para-hydroxylation sites is 1. The molecule has 31 heavy (non-hydrogen) atoms. The number of aromatic carboxylic acids is 1. The average molecular weight is 425 g/mol. The molecule has 0 unspecified atom stereocenters. The summed E-state index contributed by atoms with van der Waals surface area (Å²) in [5.41, 5.74) is -0.00347. The lowest BCUT2D eigenvalue weighted by Crippen LogP contribution is -2.10. The second-order valence-corrected chi connectivity index (χ2v) is 7.26. The Bertz CT molecular complexity index is 756. The highest BCUT2D eigenvalue weighted by atomic mass is 16.5. The fourth-order valence-corrected chi connectivity index (χ4v) is 2.83. The fraction of sp³-hybridized carbons (Fsp3) is 0.407. The van der Waals surface area contributed by atoms with Gasteiger partial charge in [0, 0.05) is 6.42 Å². The number of allylic oxidation sites excluding steroid dienone is 8. The monoisotopic (exact) mass is 424 g/mol. The molecule has 1 aromatic carbocycles. The van der Waals surface area contributed by atoms with Gasteiger partial charge in [-0.1, -0.05) is 80.5 Å². The first kappa shape index (κ1) is 26.2. The topological polar surface area (TPSA) is 63.6 Å². The molecule has 4 heteroatoms. The number of carbonyl (C=O) groups excluding carboxylic acids is 1. The number of benzene rings is 1. The van der Waals surface area contributed by atoms with E-state index in [0.717, 1.165) is 25.7 Å². The van der Waals surface area contributed by atoms with Crippen molar-refractivity contribution in [1.29, 1.82) is 0 Å². The molecule has 1 aromatic rings. The molecular weight excluding hydrogens is 388 g/mol. The summed E-state index contributed by atoms with van der Waals surface area (Å²) >= 11 is 0. The molecule has 0 radical (unpaired) electrons. The third-order valence-corrected chi connectivity index (χ3v) is 4.55. The van der Waals surface area contributed by atoms with Gasteiger partial charge in [0.15, 0.2) is 0 Å². The summed E-state index contributed by atoms with van der Waals surface area (Å²) in [6, 6.07) is 6.16. The van der Waals surface area contributed by atoms with Gasteiger partial charge >= 0.3 is 11.9 Å². The average Bonchev–Trinajstić information content (AvgIpc) is 2.76. The highest BCUT2D eigenvalue weighted by molar-refractivity contribution is 5.91. The summed E-state index contributed by atoms with van der Waals surface area (Å²) in [5, 5.41) is 9.10. The number of ether oxygens (including phenoxy) is 1. The molecule has 0 spiro atoms. The van der Waals surface area contributed by atoms with Crippen molar-refractivity contribution in [2.75, 3.05) is 0 Å². The molecule has 0 aliphatic rings. The van der Waals surface area contributed by atoms with Gasteiger partial charge in [-0.05, 0) is 57.1 Å². The quantitative estimate of drug-likeness (QED) is 0.130. The second kappa shape index (κ2) is 17.9. The summed E-state index contributed by atoms with van der Waals surface area (Å²) < 4.78 is 5.17. The molecule has 0 fully saturated rings. The van der Waals surface area contributed by atoms with Crippen molar-refractivity contribution >= 4 is 11.9 Å². The van der Waals surface area contributed by atoms with Gasteiger partial charge in [-0.2, -0.15) is 0 Å². The molecule has 0 bridgehead atoms. The van der Waals surface area contributed by atoms with Gasteiger partial charge in [0.1, 0.15) is 11.3 Å². The number of carbonyl (C=O) groups is 2. The van der Waals surface area contributed by atoms with Gasteiger partial charge in [0.05, 0.1) is 0 Å². The van der Waals surface area contributed by atoms with E-state index in [0.29, 0.717) is 6.42 Å². The van der Waals surface area contributed by atoms with E-state index in [1.807, 2.05) is 0 Å². The molecule has 0 heterocycles. The molecular formula is C27H36O4. The van der Waals surface area contributed by atoms with E-state index in [1.54, 1.807) is 12.1 Å². The van der Waals surface area contributed by atoms with Crippen molar-refractivity contribution in [3.8, 4) is 5.75 Å². The van der Waals surface area contributed by atoms with E-state index in [2.05, 4.69) is 55.5 Å². The van der Waals surface area contributed by atoms with Crippen LogP contribution < -0.4 is 4.74 Å². The van der Waals surface area contributed by atoms with Crippen LogP contribution in [0.5, 0.6) is 5.75 Å².